The zero-order chi connectivity index (χ0) is 28.6. The third-order valence-corrected chi connectivity index (χ3v) is 6.99. The van der Waals surface area contributed by atoms with Crippen LogP contribution in [-0.2, 0) is 27.2 Å². The lowest BCUT2D eigenvalue weighted by molar-refractivity contribution is -0.187. The van der Waals surface area contributed by atoms with E-state index in [1.165, 1.54) is 0 Å². The molecule has 212 valence electrons. The Bertz CT molecular complexity index is 1440. The summed E-state index contributed by atoms with van der Waals surface area (Å²) in [5.74, 6) is -0.246. The van der Waals surface area contributed by atoms with Crippen molar-refractivity contribution < 1.29 is 28.5 Å². The summed E-state index contributed by atoms with van der Waals surface area (Å²) in [6.45, 7) is 4.55. The number of hydrogen-bond donors (Lipinski definition) is 0. The summed E-state index contributed by atoms with van der Waals surface area (Å²) in [6, 6.07) is 27.7. The van der Waals surface area contributed by atoms with Gasteiger partial charge in [0.15, 0.2) is 0 Å². The third-order valence-electron chi connectivity index (χ3n) is 6.99. The number of aromatic nitrogens is 2. The fraction of sp³-hybridized carbons (Fsp3) is 0.303. The Morgan fingerprint density at radius 1 is 0.878 bits per heavy atom. The first-order valence-corrected chi connectivity index (χ1v) is 13.9. The Balaban J connectivity index is 1.34. The molecule has 0 saturated carbocycles. The fourth-order valence-corrected chi connectivity index (χ4v) is 4.95. The van der Waals surface area contributed by atoms with Gasteiger partial charge in [-0.1, -0.05) is 73.7 Å². The maximum atomic E-state index is 12.9. The summed E-state index contributed by atoms with van der Waals surface area (Å²) in [7, 11) is 0. The number of carbonyl (C=O) groups excluding carboxylic acids is 2. The van der Waals surface area contributed by atoms with E-state index in [9.17, 15) is 9.59 Å². The van der Waals surface area contributed by atoms with Crippen molar-refractivity contribution >= 4 is 11.9 Å². The molecule has 1 aliphatic rings. The fourth-order valence-electron chi connectivity index (χ4n) is 4.95. The minimum Gasteiger partial charge on any atom is -0.459 e. The summed E-state index contributed by atoms with van der Waals surface area (Å²) in [5.41, 5.74) is 3.88. The molecule has 1 aromatic heterocycles. The van der Waals surface area contributed by atoms with E-state index in [0.29, 0.717) is 36.4 Å². The summed E-state index contributed by atoms with van der Waals surface area (Å²) in [4.78, 5) is 25.5. The second-order valence-corrected chi connectivity index (χ2v) is 10.0. The van der Waals surface area contributed by atoms with Crippen LogP contribution < -0.4 is 4.74 Å². The van der Waals surface area contributed by atoms with E-state index in [-0.39, 0.29) is 6.61 Å². The molecule has 0 N–H and O–H groups in total. The van der Waals surface area contributed by atoms with Gasteiger partial charge in [-0.05, 0) is 43.2 Å². The van der Waals surface area contributed by atoms with Crippen LogP contribution in [-0.4, -0.2) is 46.8 Å². The third kappa shape index (κ3) is 7.21. The molecule has 1 fully saturated rings. The highest BCUT2D eigenvalue weighted by Crippen LogP contribution is 2.30. The van der Waals surface area contributed by atoms with Crippen LogP contribution in [0.3, 0.4) is 0 Å². The summed E-state index contributed by atoms with van der Waals surface area (Å²) < 4.78 is 26.1. The van der Waals surface area contributed by atoms with Crippen molar-refractivity contribution in [3.8, 4) is 5.88 Å². The van der Waals surface area contributed by atoms with Crippen molar-refractivity contribution in [3.05, 3.63) is 119 Å². The van der Waals surface area contributed by atoms with E-state index in [1.54, 1.807) is 48.5 Å². The molecule has 41 heavy (non-hydrogen) atoms. The Kier molecular flexibility index (Phi) is 9.11. The van der Waals surface area contributed by atoms with Gasteiger partial charge in [0.25, 0.3) is 0 Å². The van der Waals surface area contributed by atoms with E-state index in [1.807, 2.05) is 54.1 Å². The van der Waals surface area contributed by atoms with Crippen molar-refractivity contribution in [2.45, 2.75) is 58.2 Å². The molecular formula is C33H34N2O6. The predicted octanol–water partition coefficient (Wildman–Crippen LogP) is 5.77. The number of benzene rings is 3. The molecule has 8 nitrogen and oxygen atoms in total. The smallest absolute Gasteiger partial charge is 0.338 e. The molecule has 0 bridgehead atoms. The van der Waals surface area contributed by atoms with Crippen LogP contribution in [0.1, 0.15) is 57.3 Å². The van der Waals surface area contributed by atoms with Gasteiger partial charge >= 0.3 is 11.9 Å². The molecule has 0 aliphatic carbocycles. The average molecular weight is 555 g/mol. The highest BCUT2D eigenvalue weighted by Gasteiger charge is 2.35. The summed E-state index contributed by atoms with van der Waals surface area (Å²) in [6.07, 6.45) is -0.365. The molecule has 0 spiro atoms. The number of hydrogen-bond acceptors (Lipinski definition) is 7. The van der Waals surface area contributed by atoms with Crippen molar-refractivity contribution in [3.63, 3.8) is 0 Å². The molecule has 4 aromatic rings. The van der Waals surface area contributed by atoms with Gasteiger partial charge in [-0.3, -0.25) is 0 Å². The quantitative estimate of drug-likeness (QED) is 0.230. The van der Waals surface area contributed by atoms with Crippen LogP contribution in [0.5, 0.6) is 5.88 Å². The van der Waals surface area contributed by atoms with Crippen molar-refractivity contribution in [2.75, 3.05) is 6.61 Å². The zero-order valence-electron chi connectivity index (χ0n) is 23.3. The second kappa shape index (κ2) is 13.3. The van der Waals surface area contributed by atoms with Crippen LogP contribution in [0.4, 0.5) is 0 Å². The number of nitrogens with zero attached hydrogens (tertiary/aromatic N) is 2. The van der Waals surface area contributed by atoms with Gasteiger partial charge in [-0.15, -0.1) is 0 Å². The molecule has 1 aliphatic heterocycles. The summed E-state index contributed by atoms with van der Waals surface area (Å²) >= 11 is 0. The predicted molar refractivity (Wildman–Crippen MR) is 153 cm³/mol. The molecule has 3 aromatic carbocycles. The monoisotopic (exact) mass is 554 g/mol. The Morgan fingerprint density at radius 3 is 2.12 bits per heavy atom. The maximum Gasteiger partial charge on any atom is 0.338 e. The second-order valence-electron chi connectivity index (χ2n) is 10.0. The lowest BCUT2D eigenvalue weighted by Gasteiger charge is -2.34. The molecule has 0 amide bonds. The van der Waals surface area contributed by atoms with Gasteiger partial charge in [-0.2, -0.15) is 5.10 Å². The van der Waals surface area contributed by atoms with Gasteiger partial charge in [-0.25, -0.2) is 14.3 Å². The number of esters is 2. The lowest BCUT2D eigenvalue weighted by Crippen LogP contribution is -2.43. The van der Waals surface area contributed by atoms with Crippen molar-refractivity contribution in [2.24, 2.45) is 0 Å². The van der Waals surface area contributed by atoms with Crippen LogP contribution in [0.15, 0.2) is 91.0 Å². The van der Waals surface area contributed by atoms with E-state index >= 15 is 0 Å². The van der Waals surface area contributed by atoms with Crippen LogP contribution in [0, 0.1) is 6.92 Å². The van der Waals surface area contributed by atoms with Crippen LogP contribution in [0.25, 0.3) is 0 Å². The molecule has 2 heterocycles. The first-order valence-electron chi connectivity index (χ1n) is 13.9. The minimum atomic E-state index is -0.742. The summed E-state index contributed by atoms with van der Waals surface area (Å²) in [5, 5.41) is 4.74. The van der Waals surface area contributed by atoms with Gasteiger partial charge in [0.2, 0.25) is 12.2 Å². The van der Waals surface area contributed by atoms with E-state index < -0.39 is 30.4 Å². The van der Waals surface area contributed by atoms with Crippen molar-refractivity contribution in [1.29, 1.82) is 0 Å². The number of rotatable bonds is 10. The molecule has 5 rings (SSSR count). The maximum absolute atomic E-state index is 12.9. The van der Waals surface area contributed by atoms with E-state index in [4.69, 9.17) is 24.0 Å². The zero-order valence-corrected chi connectivity index (χ0v) is 23.3. The molecule has 3 unspecified atom stereocenters. The lowest BCUT2D eigenvalue weighted by atomic mass is 10.0. The molecule has 8 heteroatoms. The average Bonchev–Trinajstić information content (AvgIpc) is 3.29. The molecule has 1 saturated heterocycles. The Morgan fingerprint density at radius 2 is 1.49 bits per heavy atom. The van der Waals surface area contributed by atoms with Gasteiger partial charge in [0.1, 0.15) is 12.7 Å². The Hall–Kier alpha value is -4.43. The number of aryl methyl sites for hydroxylation is 1. The molecular weight excluding hydrogens is 520 g/mol. The first-order chi connectivity index (χ1) is 20.0. The van der Waals surface area contributed by atoms with Gasteiger partial charge < -0.3 is 18.9 Å². The normalized spacial score (nSPS) is 18.4. The van der Waals surface area contributed by atoms with Crippen molar-refractivity contribution in [1.82, 2.24) is 9.78 Å². The molecule has 3 atom stereocenters. The first kappa shape index (κ1) is 28.1. The number of ether oxygens (including phenoxy) is 4. The van der Waals surface area contributed by atoms with E-state index in [0.717, 1.165) is 23.2 Å². The minimum absolute atomic E-state index is 0.00405. The molecule has 0 radical (unpaired) electrons. The van der Waals surface area contributed by atoms with E-state index in [2.05, 4.69) is 6.92 Å². The van der Waals surface area contributed by atoms with Gasteiger partial charge in [0, 0.05) is 18.4 Å². The number of carbonyl (C=O) groups is 2. The topological polar surface area (TPSA) is 88.9 Å². The highest BCUT2D eigenvalue weighted by molar-refractivity contribution is 5.89. The largest absolute Gasteiger partial charge is 0.459 e. The Labute approximate surface area is 239 Å². The standard InChI is InChI=1S/C33H34N2O6/c1-3-29-23(2)34-35(21-24-13-7-4-8-14-24)31(29)41-30-20-27(40-33(37)26-17-11-6-12-18-26)19-28(39-30)22-38-32(36)25-15-9-5-10-16-25/h4-18,27-28,30H,3,19-22H2,1-2H3. The van der Waals surface area contributed by atoms with Crippen LogP contribution in [0.2, 0.25) is 0 Å². The van der Waals surface area contributed by atoms with Gasteiger partial charge in [0.05, 0.1) is 29.5 Å². The van der Waals surface area contributed by atoms with Crippen LogP contribution >= 0.6 is 0 Å². The highest BCUT2D eigenvalue weighted by atomic mass is 16.7. The SMILES string of the molecule is CCc1c(C)nn(Cc2ccccc2)c1OC1CC(OC(=O)c2ccccc2)CC(COC(=O)c2ccccc2)O1.